The Morgan fingerprint density at radius 3 is 2.59 bits per heavy atom. The third-order valence-corrected chi connectivity index (χ3v) is 4.71. The maximum Gasteiger partial charge on any atom is 0.221 e. The van der Waals surface area contributed by atoms with Gasteiger partial charge in [0, 0.05) is 25.4 Å². The van der Waals surface area contributed by atoms with Crippen LogP contribution in [0.3, 0.4) is 0 Å². The van der Waals surface area contributed by atoms with Gasteiger partial charge in [-0.3, -0.25) is 4.79 Å². The molecule has 0 radical (unpaired) electrons. The molecule has 0 aliphatic heterocycles. The second-order valence-electron chi connectivity index (χ2n) is 4.91. The Bertz CT molecular complexity index is 707. The van der Waals surface area contributed by atoms with Crippen molar-refractivity contribution >= 4 is 15.7 Å². The summed E-state index contributed by atoms with van der Waals surface area (Å²) >= 11 is 0. The van der Waals surface area contributed by atoms with Crippen molar-refractivity contribution in [3.63, 3.8) is 0 Å². The van der Waals surface area contributed by atoms with Crippen molar-refractivity contribution in [2.75, 3.05) is 12.3 Å². The number of sulfone groups is 1. The van der Waals surface area contributed by atoms with Crippen LogP contribution in [-0.2, 0) is 20.4 Å². The standard InChI is InChI=1S/C15H19N3O3S/c1-2-16-15(19)8-11-22(20,21)12-13-4-6-14(7-5-13)18-10-3-9-17-18/h3-7,9-10H,2,8,11-12H2,1H3,(H,16,19). The topological polar surface area (TPSA) is 81.1 Å². The largest absolute Gasteiger partial charge is 0.356 e. The van der Waals surface area contributed by atoms with Crippen molar-refractivity contribution in [2.24, 2.45) is 0 Å². The summed E-state index contributed by atoms with van der Waals surface area (Å²) in [5, 5.41) is 6.70. The van der Waals surface area contributed by atoms with Crippen molar-refractivity contribution < 1.29 is 13.2 Å². The van der Waals surface area contributed by atoms with Crippen LogP contribution in [0.2, 0.25) is 0 Å². The number of carbonyl (C=O) groups is 1. The quantitative estimate of drug-likeness (QED) is 0.834. The minimum absolute atomic E-state index is 0.00153. The number of benzene rings is 1. The minimum atomic E-state index is -3.30. The highest BCUT2D eigenvalue weighted by Crippen LogP contribution is 2.12. The molecule has 22 heavy (non-hydrogen) atoms. The van der Waals surface area contributed by atoms with Gasteiger partial charge in [-0.2, -0.15) is 5.10 Å². The Kier molecular flexibility index (Phi) is 5.32. The molecular formula is C15H19N3O3S. The molecule has 1 aromatic carbocycles. The van der Waals surface area contributed by atoms with Crippen molar-refractivity contribution in [2.45, 2.75) is 19.1 Å². The predicted octanol–water partition coefficient (Wildman–Crippen LogP) is 1.31. The number of amides is 1. The number of carbonyl (C=O) groups excluding carboxylic acids is 1. The molecule has 6 nitrogen and oxygen atoms in total. The molecule has 0 saturated carbocycles. The van der Waals surface area contributed by atoms with Gasteiger partial charge in [0.15, 0.2) is 9.84 Å². The second-order valence-corrected chi connectivity index (χ2v) is 7.10. The van der Waals surface area contributed by atoms with Crippen LogP contribution in [0.5, 0.6) is 0 Å². The summed E-state index contributed by atoms with van der Waals surface area (Å²) in [5.41, 5.74) is 1.57. The zero-order valence-corrected chi connectivity index (χ0v) is 13.2. The number of aromatic nitrogens is 2. The number of hydrogen-bond acceptors (Lipinski definition) is 4. The van der Waals surface area contributed by atoms with Gasteiger partial charge in [0.25, 0.3) is 0 Å². The number of rotatable bonds is 7. The Hall–Kier alpha value is -2.15. The molecule has 1 aromatic heterocycles. The molecule has 2 aromatic rings. The molecule has 7 heteroatoms. The van der Waals surface area contributed by atoms with Crippen molar-refractivity contribution in [1.82, 2.24) is 15.1 Å². The van der Waals surface area contributed by atoms with Crippen LogP contribution < -0.4 is 5.32 Å². The van der Waals surface area contributed by atoms with E-state index in [1.54, 1.807) is 29.9 Å². The van der Waals surface area contributed by atoms with Crippen LogP contribution in [0, 0.1) is 0 Å². The SMILES string of the molecule is CCNC(=O)CCS(=O)(=O)Cc1ccc(-n2cccn2)cc1. The molecule has 0 saturated heterocycles. The molecule has 0 aliphatic carbocycles. The van der Waals surface area contributed by atoms with Crippen LogP contribution >= 0.6 is 0 Å². The lowest BCUT2D eigenvalue weighted by Crippen LogP contribution is -2.25. The average Bonchev–Trinajstić information content (AvgIpc) is 3.00. The zero-order valence-electron chi connectivity index (χ0n) is 12.4. The van der Waals surface area contributed by atoms with Gasteiger partial charge in [0.1, 0.15) is 0 Å². The fraction of sp³-hybridized carbons (Fsp3) is 0.333. The van der Waals surface area contributed by atoms with E-state index in [2.05, 4.69) is 10.4 Å². The molecule has 0 atom stereocenters. The summed E-state index contributed by atoms with van der Waals surface area (Å²) in [6.45, 7) is 2.31. The van der Waals surface area contributed by atoms with Crippen molar-refractivity contribution in [1.29, 1.82) is 0 Å². The van der Waals surface area contributed by atoms with Crippen LogP contribution in [0.15, 0.2) is 42.7 Å². The maximum absolute atomic E-state index is 12.0. The van der Waals surface area contributed by atoms with Gasteiger partial charge in [-0.15, -0.1) is 0 Å². The molecule has 1 heterocycles. The summed E-state index contributed by atoms with van der Waals surface area (Å²) in [6, 6.07) is 8.99. The molecule has 2 rings (SSSR count). The van der Waals surface area contributed by atoms with E-state index in [0.717, 1.165) is 5.69 Å². The summed E-state index contributed by atoms with van der Waals surface area (Å²) in [4.78, 5) is 11.3. The van der Waals surface area contributed by atoms with E-state index in [4.69, 9.17) is 0 Å². The van der Waals surface area contributed by atoms with E-state index < -0.39 is 9.84 Å². The summed E-state index contributed by atoms with van der Waals surface area (Å²) < 4.78 is 25.8. The smallest absolute Gasteiger partial charge is 0.221 e. The average molecular weight is 321 g/mol. The highest BCUT2D eigenvalue weighted by molar-refractivity contribution is 7.90. The van der Waals surface area contributed by atoms with Crippen LogP contribution in [0.4, 0.5) is 0 Å². The first-order valence-electron chi connectivity index (χ1n) is 7.06. The van der Waals surface area contributed by atoms with E-state index in [-0.39, 0.29) is 23.8 Å². The van der Waals surface area contributed by atoms with Gasteiger partial charge in [-0.25, -0.2) is 13.1 Å². The molecule has 1 amide bonds. The number of nitrogens with zero attached hydrogens (tertiary/aromatic N) is 2. The van der Waals surface area contributed by atoms with Gasteiger partial charge in [-0.05, 0) is 30.7 Å². The maximum atomic E-state index is 12.0. The Balaban J connectivity index is 1.96. The van der Waals surface area contributed by atoms with E-state index in [9.17, 15) is 13.2 Å². The third-order valence-electron chi connectivity index (χ3n) is 3.11. The molecule has 0 spiro atoms. The van der Waals surface area contributed by atoms with E-state index in [0.29, 0.717) is 12.1 Å². The lowest BCUT2D eigenvalue weighted by molar-refractivity contribution is -0.120. The van der Waals surface area contributed by atoms with E-state index in [1.807, 2.05) is 24.4 Å². The van der Waals surface area contributed by atoms with E-state index in [1.165, 1.54) is 0 Å². The molecule has 0 fully saturated rings. The van der Waals surface area contributed by atoms with Gasteiger partial charge in [-0.1, -0.05) is 12.1 Å². The highest BCUT2D eigenvalue weighted by atomic mass is 32.2. The molecule has 0 aliphatic rings. The Labute approximate surface area is 130 Å². The van der Waals surface area contributed by atoms with Crippen LogP contribution in [-0.4, -0.2) is 36.4 Å². The summed E-state index contributed by atoms with van der Waals surface area (Å²) in [5.74, 6) is -0.439. The first-order valence-corrected chi connectivity index (χ1v) is 8.88. The number of hydrogen-bond donors (Lipinski definition) is 1. The molecule has 118 valence electrons. The van der Waals surface area contributed by atoms with Gasteiger partial charge < -0.3 is 5.32 Å². The van der Waals surface area contributed by atoms with Crippen LogP contribution in [0.25, 0.3) is 5.69 Å². The van der Waals surface area contributed by atoms with Gasteiger partial charge in [0.05, 0.1) is 17.2 Å². The lowest BCUT2D eigenvalue weighted by atomic mass is 10.2. The first kappa shape index (κ1) is 16.2. The Morgan fingerprint density at radius 2 is 2.00 bits per heavy atom. The lowest BCUT2D eigenvalue weighted by Gasteiger charge is -2.06. The molecule has 1 N–H and O–H groups in total. The summed E-state index contributed by atoms with van der Waals surface area (Å²) in [7, 11) is -3.30. The Morgan fingerprint density at radius 1 is 1.27 bits per heavy atom. The zero-order chi connectivity index (χ0) is 16.0. The fourth-order valence-electron chi connectivity index (χ4n) is 2.03. The van der Waals surface area contributed by atoms with Crippen LogP contribution in [0.1, 0.15) is 18.9 Å². The fourth-order valence-corrected chi connectivity index (χ4v) is 3.37. The van der Waals surface area contributed by atoms with Gasteiger partial charge in [0.2, 0.25) is 5.91 Å². The highest BCUT2D eigenvalue weighted by Gasteiger charge is 2.14. The molecular weight excluding hydrogens is 302 g/mol. The normalized spacial score (nSPS) is 11.3. The summed E-state index contributed by atoms with van der Waals surface area (Å²) in [6.07, 6.45) is 3.50. The van der Waals surface area contributed by atoms with E-state index >= 15 is 0 Å². The first-order chi connectivity index (χ1) is 10.5. The monoisotopic (exact) mass is 321 g/mol. The molecule has 0 bridgehead atoms. The van der Waals surface area contributed by atoms with Gasteiger partial charge >= 0.3 is 0 Å². The van der Waals surface area contributed by atoms with Crippen molar-refractivity contribution in [3.8, 4) is 5.69 Å². The molecule has 0 unspecified atom stereocenters. The second kappa shape index (κ2) is 7.22. The predicted molar refractivity (Wildman–Crippen MR) is 84.4 cm³/mol. The number of nitrogens with one attached hydrogen (secondary N) is 1. The third kappa shape index (κ3) is 4.70. The van der Waals surface area contributed by atoms with Crippen molar-refractivity contribution in [3.05, 3.63) is 48.3 Å². The minimum Gasteiger partial charge on any atom is -0.356 e.